The molecule has 2 N–H and O–H groups in total. The minimum atomic E-state index is -4.86. The van der Waals surface area contributed by atoms with Crippen LogP contribution in [0.3, 0.4) is 0 Å². The molecule has 1 aromatic heterocycles. The molecule has 0 saturated heterocycles. The van der Waals surface area contributed by atoms with E-state index in [0.717, 1.165) is 11.6 Å². The van der Waals surface area contributed by atoms with Gasteiger partial charge in [0, 0.05) is 12.6 Å². The van der Waals surface area contributed by atoms with E-state index in [-0.39, 0.29) is 10.6 Å². The number of anilines is 2. The summed E-state index contributed by atoms with van der Waals surface area (Å²) in [5.74, 6) is -1.67. The summed E-state index contributed by atoms with van der Waals surface area (Å²) in [4.78, 5) is 15.7. The summed E-state index contributed by atoms with van der Waals surface area (Å²) in [5.41, 5.74) is 1.13. The largest absolute Gasteiger partial charge is 0.435 e. The molecular formula is C20H17F4N3OS. The molecule has 0 saturated carbocycles. The highest BCUT2D eigenvalue weighted by Crippen LogP contribution is 2.39. The van der Waals surface area contributed by atoms with Gasteiger partial charge < -0.3 is 10.6 Å². The number of rotatable bonds is 4. The highest BCUT2D eigenvalue weighted by Gasteiger charge is 2.40. The van der Waals surface area contributed by atoms with Gasteiger partial charge in [0.1, 0.15) is 15.7 Å². The van der Waals surface area contributed by atoms with E-state index >= 15 is 0 Å². The smallest absolute Gasteiger partial charge is 0.386 e. The highest BCUT2D eigenvalue weighted by atomic mass is 32.1. The lowest BCUT2D eigenvalue weighted by molar-refractivity contribution is -0.141. The summed E-state index contributed by atoms with van der Waals surface area (Å²) in [5, 5.41) is 5.25. The van der Waals surface area contributed by atoms with E-state index in [4.69, 9.17) is 0 Å². The number of hydrogen-bond donors (Lipinski definition) is 2. The fourth-order valence-electron chi connectivity index (χ4n) is 2.92. The standard InChI is InChI=1S/C20H17F4N3OS/c1-10-8-11(2)15(14(9-10)25-3)26-18(28)16-17(20(22,23)24)27-19(29-16)12-6-4-5-7-13(12)21/h4-9,25H,1-3H3,(H,26,28). The molecular weight excluding hydrogens is 406 g/mol. The Labute approximate surface area is 168 Å². The first-order valence-corrected chi connectivity index (χ1v) is 9.36. The minimum Gasteiger partial charge on any atom is -0.386 e. The van der Waals surface area contributed by atoms with E-state index in [1.165, 1.54) is 18.2 Å². The van der Waals surface area contributed by atoms with Crippen LogP contribution in [0.2, 0.25) is 0 Å². The maximum atomic E-state index is 14.0. The zero-order chi connectivity index (χ0) is 21.3. The van der Waals surface area contributed by atoms with E-state index in [1.807, 2.05) is 6.92 Å². The lowest BCUT2D eigenvalue weighted by atomic mass is 10.1. The van der Waals surface area contributed by atoms with Crippen molar-refractivity contribution in [1.29, 1.82) is 0 Å². The normalized spacial score (nSPS) is 11.4. The van der Waals surface area contributed by atoms with Gasteiger partial charge in [0.25, 0.3) is 5.91 Å². The molecule has 0 unspecified atom stereocenters. The molecule has 152 valence electrons. The summed E-state index contributed by atoms with van der Waals surface area (Å²) in [7, 11) is 1.65. The number of aromatic nitrogens is 1. The van der Waals surface area contributed by atoms with Gasteiger partial charge in [-0.25, -0.2) is 9.37 Å². The number of nitrogens with zero attached hydrogens (tertiary/aromatic N) is 1. The summed E-state index contributed by atoms with van der Waals surface area (Å²) >= 11 is 0.500. The molecule has 0 fully saturated rings. The predicted octanol–water partition coefficient (Wildman–Crippen LogP) is 5.88. The van der Waals surface area contributed by atoms with Gasteiger partial charge in [0.2, 0.25) is 0 Å². The lowest BCUT2D eigenvalue weighted by Gasteiger charge is -2.15. The third-order valence-electron chi connectivity index (χ3n) is 4.19. The van der Waals surface area contributed by atoms with Crippen LogP contribution in [0, 0.1) is 19.7 Å². The second-order valence-electron chi connectivity index (χ2n) is 6.38. The summed E-state index contributed by atoms with van der Waals surface area (Å²) in [6, 6.07) is 8.92. The summed E-state index contributed by atoms with van der Waals surface area (Å²) < 4.78 is 54.6. The lowest BCUT2D eigenvalue weighted by Crippen LogP contribution is -2.18. The average molecular weight is 423 g/mol. The highest BCUT2D eigenvalue weighted by molar-refractivity contribution is 7.17. The van der Waals surface area contributed by atoms with Crippen molar-refractivity contribution < 1.29 is 22.4 Å². The minimum absolute atomic E-state index is 0.0931. The Morgan fingerprint density at radius 1 is 1.14 bits per heavy atom. The van der Waals surface area contributed by atoms with Gasteiger partial charge in [-0.2, -0.15) is 13.2 Å². The number of carbonyl (C=O) groups is 1. The van der Waals surface area contributed by atoms with Crippen LogP contribution in [0.15, 0.2) is 36.4 Å². The predicted molar refractivity (Wildman–Crippen MR) is 106 cm³/mol. The van der Waals surface area contributed by atoms with Gasteiger partial charge in [-0.1, -0.05) is 18.2 Å². The Hall–Kier alpha value is -2.94. The SMILES string of the molecule is CNc1cc(C)cc(C)c1NC(=O)c1sc(-c2ccccc2F)nc1C(F)(F)F. The molecule has 0 radical (unpaired) electrons. The van der Waals surface area contributed by atoms with Gasteiger partial charge in [0.05, 0.1) is 11.4 Å². The Balaban J connectivity index is 2.07. The van der Waals surface area contributed by atoms with Crippen molar-refractivity contribution in [2.75, 3.05) is 17.7 Å². The molecule has 3 aromatic rings. The molecule has 2 aromatic carbocycles. The van der Waals surface area contributed by atoms with Gasteiger partial charge in [0.15, 0.2) is 5.69 Å². The molecule has 29 heavy (non-hydrogen) atoms. The van der Waals surface area contributed by atoms with Crippen LogP contribution in [0.5, 0.6) is 0 Å². The third kappa shape index (κ3) is 4.24. The number of hydrogen-bond acceptors (Lipinski definition) is 4. The van der Waals surface area contributed by atoms with Crippen LogP contribution < -0.4 is 10.6 Å². The quantitative estimate of drug-likeness (QED) is 0.516. The molecule has 0 aliphatic carbocycles. The fourth-order valence-corrected chi connectivity index (χ4v) is 3.92. The number of nitrogens with one attached hydrogen (secondary N) is 2. The van der Waals surface area contributed by atoms with Crippen LogP contribution in [0.25, 0.3) is 10.6 Å². The van der Waals surface area contributed by atoms with Crippen molar-refractivity contribution in [3.63, 3.8) is 0 Å². The van der Waals surface area contributed by atoms with Crippen LogP contribution >= 0.6 is 11.3 Å². The second kappa shape index (κ2) is 7.82. The number of aryl methyl sites for hydroxylation is 2. The van der Waals surface area contributed by atoms with Crippen LogP contribution in [-0.4, -0.2) is 17.9 Å². The first-order chi connectivity index (χ1) is 13.6. The first-order valence-electron chi connectivity index (χ1n) is 8.55. The van der Waals surface area contributed by atoms with E-state index < -0.39 is 28.5 Å². The van der Waals surface area contributed by atoms with Gasteiger partial charge >= 0.3 is 6.18 Å². The number of halogens is 4. The molecule has 0 bridgehead atoms. The average Bonchev–Trinajstić information content (AvgIpc) is 3.09. The Kier molecular flexibility index (Phi) is 5.61. The topological polar surface area (TPSA) is 54.0 Å². The van der Waals surface area contributed by atoms with Crippen molar-refractivity contribution in [3.05, 3.63) is 63.9 Å². The van der Waals surface area contributed by atoms with Crippen molar-refractivity contribution in [3.8, 4) is 10.6 Å². The Morgan fingerprint density at radius 3 is 2.45 bits per heavy atom. The van der Waals surface area contributed by atoms with E-state index in [2.05, 4.69) is 15.6 Å². The van der Waals surface area contributed by atoms with Crippen molar-refractivity contribution in [1.82, 2.24) is 4.98 Å². The Morgan fingerprint density at radius 2 is 1.83 bits per heavy atom. The molecule has 1 heterocycles. The molecule has 3 rings (SSSR count). The number of thiazole rings is 1. The summed E-state index contributed by atoms with van der Waals surface area (Å²) in [6.45, 7) is 3.61. The zero-order valence-electron chi connectivity index (χ0n) is 15.7. The molecule has 0 atom stereocenters. The van der Waals surface area contributed by atoms with Crippen LogP contribution in [-0.2, 0) is 6.18 Å². The zero-order valence-corrected chi connectivity index (χ0v) is 16.6. The van der Waals surface area contributed by atoms with Crippen LogP contribution in [0.1, 0.15) is 26.5 Å². The maximum Gasteiger partial charge on any atom is 0.435 e. The molecule has 0 spiro atoms. The molecule has 0 aliphatic heterocycles. The monoisotopic (exact) mass is 423 g/mol. The molecule has 9 heteroatoms. The van der Waals surface area contributed by atoms with Crippen molar-refractivity contribution in [2.45, 2.75) is 20.0 Å². The van der Waals surface area contributed by atoms with E-state index in [1.54, 1.807) is 26.1 Å². The fraction of sp³-hybridized carbons (Fsp3) is 0.200. The Bertz CT molecular complexity index is 1080. The van der Waals surface area contributed by atoms with Crippen molar-refractivity contribution >= 4 is 28.6 Å². The van der Waals surface area contributed by atoms with Gasteiger partial charge in [-0.05, 0) is 43.2 Å². The maximum absolute atomic E-state index is 14.0. The number of carbonyl (C=O) groups excluding carboxylic acids is 1. The third-order valence-corrected chi connectivity index (χ3v) is 5.28. The van der Waals surface area contributed by atoms with Crippen molar-refractivity contribution in [2.24, 2.45) is 0 Å². The molecule has 4 nitrogen and oxygen atoms in total. The number of benzene rings is 2. The molecule has 0 aliphatic rings. The number of amides is 1. The first kappa shape index (κ1) is 20.8. The van der Waals surface area contributed by atoms with Gasteiger partial charge in [-0.3, -0.25) is 4.79 Å². The number of alkyl halides is 3. The van der Waals surface area contributed by atoms with E-state index in [0.29, 0.717) is 28.3 Å². The summed E-state index contributed by atoms with van der Waals surface area (Å²) in [6.07, 6.45) is -4.86. The van der Waals surface area contributed by atoms with E-state index in [9.17, 15) is 22.4 Å². The van der Waals surface area contributed by atoms with Crippen LogP contribution in [0.4, 0.5) is 28.9 Å². The van der Waals surface area contributed by atoms with Gasteiger partial charge in [-0.15, -0.1) is 11.3 Å². The molecule has 1 amide bonds. The second-order valence-corrected chi connectivity index (χ2v) is 7.38.